The molecule has 0 aliphatic heterocycles. The SMILES string of the molecule is C[N+](C)(C)c1ccc(CC(=O)OCCCCCCn2ccc3ccccc32)cc1.[I-]. The van der Waals surface area contributed by atoms with Gasteiger partial charge in [0.05, 0.1) is 34.2 Å². The van der Waals surface area contributed by atoms with Crippen molar-refractivity contribution in [3.63, 3.8) is 0 Å². The predicted molar refractivity (Wildman–Crippen MR) is 121 cm³/mol. The van der Waals surface area contributed by atoms with Crippen LogP contribution in [0.25, 0.3) is 10.9 Å². The highest BCUT2D eigenvalue weighted by atomic mass is 127. The molecule has 0 N–H and O–H groups in total. The van der Waals surface area contributed by atoms with Gasteiger partial charge in [0.25, 0.3) is 0 Å². The second-order valence-electron chi connectivity index (χ2n) is 8.56. The molecule has 1 heterocycles. The molecule has 30 heavy (non-hydrogen) atoms. The minimum atomic E-state index is -0.137. The van der Waals surface area contributed by atoms with E-state index in [4.69, 9.17) is 4.74 Å². The van der Waals surface area contributed by atoms with Gasteiger partial charge in [0, 0.05) is 18.3 Å². The zero-order chi connectivity index (χ0) is 20.7. The van der Waals surface area contributed by atoms with Crippen LogP contribution in [0.5, 0.6) is 0 Å². The smallest absolute Gasteiger partial charge is 0.310 e. The van der Waals surface area contributed by atoms with Crippen LogP contribution in [-0.4, -0.2) is 38.3 Å². The van der Waals surface area contributed by atoms with Crippen LogP contribution in [-0.2, 0) is 22.5 Å². The van der Waals surface area contributed by atoms with Crippen molar-refractivity contribution in [1.82, 2.24) is 9.05 Å². The maximum Gasteiger partial charge on any atom is 0.310 e. The Labute approximate surface area is 197 Å². The monoisotopic (exact) mass is 520 g/mol. The number of hydrogen-bond acceptors (Lipinski definition) is 2. The Morgan fingerprint density at radius 2 is 1.60 bits per heavy atom. The molecular formula is C25H33IN2O2. The van der Waals surface area contributed by atoms with Crippen LogP contribution in [0.2, 0.25) is 0 Å². The third-order valence-electron chi connectivity index (χ3n) is 5.30. The molecule has 0 atom stereocenters. The summed E-state index contributed by atoms with van der Waals surface area (Å²) >= 11 is 0. The second kappa shape index (κ2) is 11.5. The number of esters is 1. The first-order valence-electron chi connectivity index (χ1n) is 10.5. The third-order valence-corrected chi connectivity index (χ3v) is 5.30. The van der Waals surface area contributed by atoms with Crippen molar-refractivity contribution in [3.05, 3.63) is 66.4 Å². The number of quaternary nitrogens is 1. The van der Waals surface area contributed by atoms with Crippen molar-refractivity contribution >= 4 is 22.6 Å². The normalized spacial score (nSPS) is 11.3. The van der Waals surface area contributed by atoms with E-state index >= 15 is 0 Å². The number of fused-ring (bicyclic) bond motifs is 1. The summed E-state index contributed by atoms with van der Waals surface area (Å²) in [6.45, 7) is 1.55. The highest BCUT2D eigenvalue weighted by Gasteiger charge is 2.12. The van der Waals surface area contributed by atoms with Gasteiger partial charge in [0.15, 0.2) is 0 Å². The summed E-state index contributed by atoms with van der Waals surface area (Å²) in [5.41, 5.74) is 3.53. The number of rotatable bonds is 10. The highest BCUT2D eigenvalue weighted by Crippen LogP contribution is 2.18. The summed E-state index contributed by atoms with van der Waals surface area (Å²) in [6, 6.07) is 18.9. The van der Waals surface area contributed by atoms with Gasteiger partial charge in [-0.15, -0.1) is 0 Å². The largest absolute Gasteiger partial charge is 1.00 e. The molecule has 0 fully saturated rings. The van der Waals surface area contributed by atoms with Gasteiger partial charge >= 0.3 is 5.97 Å². The Morgan fingerprint density at radius 1 is 0.900 bits per heavy atom. The van der Waals surface area contributed by atoms with E-state index < -0.39 is 0 Å². The molecule has 0 unspecified atom stereocenters. The molecule has 3 rings (SSSR count). The Balaban J connectivity index is 0.00000320. The van der Waals surface area contributed by atoms with Crippen molar-refractivity contribution in [2.45, 2.75) is 38.6 Å². The number of ether oxygens (including phenoxy) is 1. The fraction of sp³-hybridized carbons (Fsp3) is 0.400. The Morgan fingerprint density at radius 3 is 2.33 bits per heavy atom. The summed E-state index contributed by atoms with van der Waals surface area (Å²) in [5.74, 6) is -0.137. The number of carbonyl (C=O) groups is 1. The van der Waals surface area contributed by atoms with Gasteiger partial charge in [-0.1, -0.05) is 36.8 Å². The van der Waals surface area contributed by atoms with E-state index in [-0.39, 0.29) is 29.9 Å². The van der Waals surface area contributed by atoms with E-state index in [0.29, 0.717) is 13.0 Å². The van der Waals surface area contributed by atoms with Crippen LogP contribution in [0, 0.1) is 0 Å². The molecule has 0 aliphatic rings. The first-order chi connectivity index (χ1) is 13.9. The Kier molecular flexibility index (Phi) is 9.37. The van der Waals surface area contributed by atoms with E-state index in [2.05, 4.69) is 74.4 Å². The molecule has 3 aromatic rings. The summed E-state index contributed by atoms with van der Waals surface area (Å²) in [5, 5.41) is 1.30. The van der Waals surface area contributed by atoms with E-state index in [9.17, 15) is 4.79 Å². The second-order valence-corrected chi connectivity index (χ2v) is 8.56. The summed E-state index contributed by atoms with van der Waals surface area (Å²) in [4.78, 5) is 12.0. The molecule has 1 aromatic heterocycles. The lowest BCUT2D eigenvalue weighted by molar-refractivity contribution is -0.142. The van der Waals surface area contributed by atoms with Crippen LogP contribution < -0.4 is 28.5 Å². The minimum Gasteiger partial charge on any atom is -1.00 e. The van der Waals surface area contributed by atoms with E-state index in [1.165, 1.54) is 16.6 Å². The number of unbranched alkanes of at least 4 members (excludes halogenated alkanes) is 3. The molecular weight excluding hydrogens is 487 g/mol. The molecule has 162 valence electrons. The lowest BCUT2D eigenvalue weighted by Crippen LogP contribution is -3.00. The average molecular weight is 520 g/mol. The highest BCUT2D eigenvalue weighted by molar-refractivity contribution is 5.79. The number of para-hydroxylation sites is 1. The van der Waals surface area contributed by atoms with Gasteiger partial charge in [0.2, 0.25) is 0 Å². The number of benzene rings is 2. The molecule has 0 aliphatic carbocycles. The number of carbonyl (C=O) groups excluding carboxylic acids is 1. The van der Waals surface area contributed by atoms with Gasteiger partial charge < -0.3 is 33.3 Å². The number of halogens is 1. The van der Waals surface area contributed by atoms with Crippen LogP contribution in [0.1, 0.15) is 31.2 Å². The molecule has 0 saturated carbocycles. The first kappa shape index (κ1) is 24.4. The predicted octanol–water partition coefficient (Wildman–Crippen LogP) is 2.19. The molecule has 0 saturated heterocycles. The maximum absolute atomic E-state index is 12.0. The fourth-order valence-corrected chi connectivity index (χ4v) is 3.54. The van der Waals surface area contributed by atoms with Crippen molar-refractivity contribution < 1.29 is 33.5 Å². The molecule has 0 radical (unpaired) electrons. The summed E-state index contributed by atoms with van der Waals surface area (Å²) in [7, 11) is 6.39. The Hall–Kier alpha value is -1.86. The zero-order valence-electron chi connectivity index (χ0n) is 18.3. The van der Waals surface area contributed by atoms with Crippen LogP contribution in [0.15, 0.2) is 60.8 Å². The molecule has 0 spiro atoms. The molecule has 4 nitrogen and oxygen atoms in total. The van der Waals surface area contributed by atoms with Crippen molar-refractivity contribution in [2.24, 2.45) is 0 Å². The number of hydrogen-bond donors (Lipinski definition) is 0. The quantitative estimate of drug-likeness (QED) is 0.178. The minimum absolute atomic E-state index is 0. The van der Waals surface area contributed by atoms with Gasteiger partial charge in [0.1, 0.15) is 5.69 Å². The van der Waals surface area contributed by atoms with Gasteiger partial charge in [-0.3, -0.25) is 9.28 Å². The molecule has 2 aromatic carbocycles. The van der Waals surface area contributed by atoms with E-state index in [0.717, 1.165) is 42.3 Å². The van der Waals surface area contributed by atoms with Crippen LogP contribution in [0.3, 0.4) is 0 Å². The number of aromatic nitrogens is 1. The van der Waals surface area contributed by atoms with E-state index in [1.54, 1.807) is 0 Å². The molecule has 5 heteroatoms. The topological polar surface area (TPSA) is 31.2 Å². The zero-order valence-corrected chi connectivity index (χ0v) is 20.5. The fourth-order valence-electron chi connectivity index (χ4n) is 3.54. The van der Waals surface area contributed by atoms with Gasteiger partial charge in [-0.05, 0) is 54.5 Å². The lowest BCUT2D eigenvalue weighted by atomic mass is 10.1. The average Bonchev–Trinajstić information content (AvgIpc) is 3.10. The van der Waals surface area contributed by atoms with Crippen molar-refractivity contribution in [2.75, 3.05) is 27.7 Å². The molecule has 0 amide bonds. The van der Waals surface area contributed by atoms with Gasteiger partial charge in [-0.2, -0.15) is 0 Å². The van der Waals surface area contributed by atoms with E-state index in [1.807, 2.05) is 12.1 Å². The standard InChI is InChI=1S/C25H33N2O2.HI/c1-27(2,3)23-14-12-21(13-15-23)20-25(28)29-19-9-5-4-8-17-26-18-16-22-10-6-7-11-24(22)26;/h6-7,10-16,18H,4-5,8-9,17,19-20H2,1-3H3;1H/q+1;/p-1. The summed E-state index contributed by atoms with van der Waals surface area (Å²) < 4.78 is 8.49. The van der Waals surface area contributed by atoms with Crippen molar-refractivity contribution in [1.29, 1.82) is 0 Å². The van der Waals surface area contributed by atoms with Gasteiger partial charge in [-0.25, -0.2) is 0 Å². The lowest BCUT2D eigenvalue weighted by Gasteiger charge is -2.23. The maximum atomic E-state index is 12.0. The third kappa shape index (κ3) is 7.13. The Bertz CT molecular complexity index is 926. The molecule has 0 bridgehead atoms. The number of aryl methyl sites for hydroxylation is 1. The number of nitrogens with zero attached hydrogens (tertiary/aromatic N) is 2. The summed E-state index contributed by atoms with van der Waals surface area (Å²) in [6.07, 6.45) is 6.82. The van der Waals surface area contributed by atoms with Crippen molar-refractivity contribution in [3.8, 4) is 0 Å². The first-order valence-corrected chi connectivity index (χ1v) is 10.5. The van der Waals surface area contributed by atoms with Crippen LogP contribution in [0.4, 0.5) is 5.69 Å². The van der Waals surface area contributed by atoms with Crippen LogP contribution >= 0.6 is 0 Å².